The standard InChI is InChI=1S/C9H8ClN3/c1-13-6-7(4-12-13)8-5-11-3-2-9(8)10/h2-6H,1H3. The van der Waals surface area contributed by atoms with E-state index in [4.69, 9.17) is 11.6 Å². The molecule has 2 rings (SSSR count). The third-order valence-corrected chi connectivity index (χ3v) is 2.11. The fourth-order valence-corrected chi connectivity index (χ4v) is 1.36. The van der Waals surface area contributed by atoms with Gasteiger partial charge in [-0.3, -0.25) is 9.67 Å². The van der Waals surface area contributed by atoms with E-state index in [1.165, 1.54) is 0 Å². The molecule has 0 aliphatic rings. The molecule has 0 N–H and O–H groups in total. The largest absolute Gasteiger partial charge is 0.275 e. The van der Waals surface area contributed by atoms with Gasteiger partial charge in [0, 0.05) is 36.8 Å². The van der Waals surface area contributed by atoms with Crippen LogP contribution in [0.2, 0.25) is 5.02 Å². The summed E-state index contributed by atoms with van der Waals surface area (Å²) in [4.78, 5) is 4.01. The van der Waals surface area contributed by atoms with Gasteiger partial charge in [0.1, 0.15) is 0 Å². The third-order valence-electron chi connectivity index (χ3n) is 1.78. The molecule has 0 unspecified atom stereocenters. The molecule has 13 heavy (non-hydrogen) atoms. The number of halogens is 1. The second kappa shape index (κ2) is 3.18. The Labute approximate surface area is 81.0 Å². The van der Waals surface area contributed by atoms with Crippen molar-refractivity contribution < 1.29 is 0 Å². The second-order valence-corrected chi connectivity index (χ2v) is 3.17. The van der Waals surface area contributed by atoms with Crippen LogP contribution in [0.25, 0.3) is 11.1 Å². The SMILES string of the molecule is Cn1cc(-c2cnccc2Cl)cn1. The van der Waals surface area contributed by atoms with Crippen LogP contribution >= 0.6 is 11.6 Å². The number of hydrogen-bond acceptors (Lipinski definition) is 2. The molecule has 4 heteroatoms. The molecule has 2 heterocycles. The van der Waals surface area contributed by atoms with Crippen molar-refractivity contribution in [3.8, 4) is 11.1 Å². The van der Waals surface area contributed by atoms with Gasteiger partial charge in [0.2, 0.25) is 0 Å². The first-order chi connectivity index (χ1) is 6.27. The second-order valence-electron chi connectivity index (χ2n) is 2.76. The van der Waals surface area contributed by atoms with E-state index in [0.717, 1.165) is 11.1 Å². The Bertz CT molecular complexity index is 422. The molecule has 0 fully saturated rings. The number of aromatic nitrogens is 3. The molecule has 3 nitrogen and oxygen atoms in total. The molecular weight excluding hydrogens is 186 g/mol. The Kier molecular flexibility index (Phi) is 2.02. The van der Waals surface area contributed by atoms with Crippen molar-refractivity contribution in [1.82, 2.24) is 14.8 Å². The van der Waals surface area contributed by atoms with Gasteiger partial charge in [-0.2, -0.15) is 5.10 Å². The predicted molar refractivity (Wildman–Crippen MR) is 51.4 cm³/mol. The average Bonchev–Trinajstić information content (AvgIpc) is 2.53. The van der Waals surface area contributed by atoms with E-state index < -0.39 is 0 Å². The van der Waals surface area contributed by atoms with E-state index in [1.54, 1.807) is 29.3 Å². The Morgan fingerprint density at radius 1 is 1.38 bits per heavy atom. The number of nitrogens with zero attached hydrogens (tertiary/aromatic N) is 3. The van der Waals surface area contributed by atoms with Gasteiger partial charge >= 0.3 is 0 Å². The Hall–Kier alpha value is -1.35. The van der Waals surface area contributed by atoms with Crippen molar-refractivity contribution in [2.45, 2.75) is 0 Å². The highest BCUT2D eigenvalue weighted by atomic mass is 35.5. The van der Waals surface area contributed by atoms with Crippen molar-refractivity contribution in [2.75, 3.05) is 0 Å². The number of rotatable bonds is 1. The monoisotopic (exact) mass is 193 g/mol. The Morgan fingerprint density at radius 3 is 2.85 bits per heavy atom. The zero-order chi connectivity index (χ0) is 9.26. The van der Waals surface area contributed by atoms with E-state index >= 15 is 0 Å². The zero-order valence-electron chi connectivity index (χ0n) is 7.11. The summed E-state index contributed by atoms with van der Waals surface area (Å²) in [5, 5.41) is 4.76. The van der Waals surface area contributed by atoms with Crippen LogP contribution < -0.4 is 0 Å². The maximum Gasteiger partial charge on any atom is 0.0569 e. The van der Waals surface area contributed by atoms with Crippen LogP contribution in [0.15, 0.2) is 30.9 Å². The van der Waals surface area contributed by atoms with Crippen molar-refractivity contribution in [1.29, 1.82) is 0 Å². The van der Waals surface area contributed by atoms with Gasteiger partial charge in [-0.1, -0.05) is 11.6 Å². The van der Waals surface area contributed by atoms with E-state index in [-0.39, 0.29) is 0 Å². The van der Waals surface area contributed by atoms with E-state index in [2.05, 4.69) is 10.1 Å². The molecule has 0 atom stereocenters. The molecule has 2 aromatic heterocycles. The van der Waals surface area contributed by atoms with Crippen molar-refractivity contribution in [3.05, 3.63) is 35.9 Å². The molecule has 2 aromatic rings. The molecule has 0 aliphatic carbocycles. The fraction of sp³-hybridized carbons (Fsp3) is 0.111. The molecule has 0 aliphatic heterocycles. The van der Waals surface area contributed by atoms with Gasteiger partial charge < -0.3 is 0 Å². The van der Waals surface area contributed by atoms with Crippen LogP contribution in [0.5, 0.6) is 0 Å². The van der Waals surface area contributed by atoms with E-state index in [0.29, 0.717) is 5.02 Å². The number of pyridine rings is 1. The highest BCUT2D eigenvalue weighted by Crippen LogP contribution is 2.25. The summed E-state index contributed by atoms with van der Waals surface area (Å²) in [7, 11) is 1.87. The molecule has 0 saturated carbocycles. The third kappa shape index (κ3) is 1.55. The molecule has 0 radical (unpaired) electrons. The van der Waals surface area contributed by atoms with Crippen molar-refractivity contribution in [2.24, 2.45) is 7.05 Å². The molecule has 66 valence electrons. The minimum atomic E-state index is 0.697. The summed E-state index contributed by atoms with van der Waals surface area (Å²) in [5.74, 6) is 0. The summed E-state index contributed by atoms with van der Waals surface area (Å²) in [6, 6.07) is 1.77. The van der Waals surface area contributed by atoms with Gasteiger partial charge in [0.05, 0.1) is 11.2 Å². The van der Waals surface area contributed by atoms with Crippen LogP contribution in [-0.4, -0.2) is 14.8 Å². The lowest BCUT2D eigenvalue weighted by molar-refractivity contribution is 0.768. The van der Waals surface area contributed by atoms with E-state index in [1.807, 2.05) is 13.2 Å². The summed E-state index contributed by atoms with van der Waals surface area (Å²) in [5.41, 5.74) is 1.90. The molecule has 0 amide bonds. The van der Waals surface area contributed by atoms with Gasteiger partial charge in [0.15, 0.2) is 0 Å². The summed E-state index contributed by atoms with van der Waals surface area (Å²) < 4.78 is 1.73. The molecule has 0 bridgehead atoms. The minimum absolute atomic E-state index is 0.697. The molecule has 0 aromatic carbocycles. The molecule has 0 spiro atoms. The number of aryl methyl sites for hydroxylation is 1. The number of hydrogen-bond donors (Lipinski definition) is 0. The first-order valence-corrected chi connectivity index (χ1v) is 4.23. The zero-order valence-corrected chi connectivity index (χ0v) is 7.86. The van der Waals surface area contributed by atoms with Gasteiger partial charge in [-0.15, -0.1) is 0 Å². The maximum absolute atomic E-state index is 5.99. The van der Waals surface area contributed by atoms with Crippen LogP contribution in [-0.2, 0) is 7.05 Å². The first kappa shape index (κ1) is 8.26. The van der Waals surface area contributed by atoms with Crippen molar-refractivity contribution >= 4 is 11.6 Å². The fourth-order valence-electron chi connectivity index (χ4n) is 1.15. The van der Waals surface area contributed by atoms with Crippen molar-refractivity contribution in [3.63, 3.8) is 0 Å². The van der Waals surface area contributed by atoms with Gasteiger partial charge in [-0.25, -0.2) is 0 Å². The summed E-state index contributed by atoms with van der Waals surface area (Å²) >= 11 is 5.99. The van der Waals surface area contributed by atoms with Crippen LogP contribution in [0.4, 0.5) is 0 Å². The quantitative estimate of drug-likeness (QED) is 0.695. The maximum atomic E-state index is 5.99. The lowest BCUT2D eigenvalue weighted by Crippen LogP contribution is -1.84. The highest BCUT2D eigenvalue weighted by molar-refractivity contribution is 6.33. The summed E-state index contributed by atoms with van der Waals surface area (Å²) in [6.45, 7) is 0. The van der Waals surface area contributed by atoms with Crippen LogP contribution in [0, 0.1) is 0 Å². The van der Waals surface area contributed by atoms with E-state index in [9.17, 15) is 0 Å². The average molecular weight is 194 g/mol. The Balaban J connectivity index is 2.52. The van der Waals surface area contributed by atoms with Crippen LogP contribution in [0.1, 0.15) is 0 Å². The minimum Gasteiger partial charge on any atom is -0.275 e. The smallest absolute Gasteiger partial charge is 0.0569 e. The summed E-state index contributed by atoms with van der Waals surface area (Å²) in [6.07, 6.45) is 7.08. The molecular formula is C9H8ClN3. The Morgan fingerprint density at radius 2 is 2.23 bits per heavy atom. The highest BCUT2D eigenvalue weighted by Gasteiger charge is 2.04. The molecule has 0 saturated heterocycles. The lowest BCUT2D eigenvalue weighted by atomic mass is 10.2. The van der Waals surface area contributed by atoms with Crippen LogP contribution in [0.3, 0.4) is 0 Å². The van der Waals surface area contributed by atoms with Gasteiger partial charge in [-0.05, 0) is 6.07 Å². The topological polar surface area (TPSA) is 30.7 Å². The predicted octanol–water partition coefficient (Wildman–Crippen LogP) is 2.14. The normalized spacial score (nSPS) is 10.3. The first-order valence-electron chi connectivity index (χ1n) is 3.86. The van der Waals surface area contributed by atoms with Gasteiger partial charge in [0.25, 0.3) is 0 Å². The lowest BCUT2D eigenvalue weighted by Gasteiger charge is -1.97.